The van der Waals surface area contributed by atoms with Crippen LogP contribution in [0.4, 0.5) is 10.3 Å². The zero-order valence-electron chi connectivity index (χ0n) is 12.6. The minimum atomic E-state index is -0.307. The van der Waals surface area contributed by atoms with E-state index in [1.54, 1.807) is 22.8 Å². The molecule has 2 heterocycles. The summed E-state index contributed by atoms with van der Waals surface area (Å²) in [6.07, 6.45) is 1.50. The zero-order chi connectivity index (χ0) is 16.4. The number of halogens is 1. The van der Waals surface area contributed by atoms with E-state index in [1.165, 1.54) is 18.3 Å². The van der Waals surface area contributed by atoms with E-state index in [-0.39, 0.29) is 11.7 Å². The molecule has 3 N–H and O–H groups in total. The van der Waals surface area contributed by atoms with E-state index < -0.39 is 0 Å². The maximum atomic E-state index is 12.8. The number of benzene rings is 1. The lowest BCUT2D eigenvalue weighted by Gasteiger charge is -2.05. The highest BCUT2D eigenvalue weighted by molar-refractivity contribution is 5.96. The highest BCUT2D eigenvalue weighted by atomic mass is 19.1. The number of nitrogens with two attached hydrogens (primary N) is 1. The number of hydrogen-bond donors (Lipinski definition) is 2. The molecule has 3 aromatic rings. The van der Waals surface area contributed by atoms with Gasteiger partial charge < -0.3 is 11.1 Å². The molecular weight excluding hydrogens is 297 g/mol. The number of aromatic nitrogens is 3. The molecule has 0 aliphatic heterocycles. The average Bonchev–Trinajstić information content (AvgIpc) is 2.88. The number of amides is 1. The van der Waals surface area contributed by atoms with E-state index >= 15 is 0 Å². The molecule has 7 heteroatoms. The fourth-order valence-electron chi connectivity index (χ4n) is 2.35. The third-order valence-corrected chi connectivity index (χ3v) is 3.56. The van der Waals surface area contributed by atoms with Gasteiger partial charge in [0.2, 0.25) is 5.95 Å². The molecule has 23 heavy (non-hydrogen) atoms. The molecule has 1 amide bonds. The largest absolute Gasteiger partial charge is 0.369 e. The maximum absolute atomic E-state index is 12.8. The number of nitrogens with one attached hydrogen (secondary N) is 1. The smallest absolute Gasteiger partial charge is 0.253 e. The quantitative estimate of drug-likeness (QED) is 0.772. The second-order valence-corrected chi connectivity index (χ2v) is 5.09. The number of nitrogen functional groups attached to an aromatic ring is 1. The monoisotopic (exact) mass is 313 g/mol. The van der Waals surface area contributed by atoms with Crippen LogP contribution in [0.15, 0.2) is 36.5 Å². The van der Waals surface area contributed by atoms with Crippen LogP contribution >= 0.6 is 0 Å². The van der Waals surface area contributed by atoms with Gasteiger partial charge in [-0.3, -0.25) is 9.36 Å². The third-order valence-electron chi connectivity index (χ3n) is 3.56. The van der Waals surface area contributed by atoms with Crippen LogP contribution in [0.5, 0.6) is 0 Å². The van der Waals surface area contributed by atoms with E-state index in [4.69, 9.17) is 5.73 Å². The van der Waals surface area contributed by atoms with Crippen molar-refractivity contribution in [2.75, 3.05) is 5.73 Å². The molecule has 0 saturated carbocycles. The Kier molecular flexibility index (Phi) is 3.92. The summed E-state index contributed by atoms with van der Waals surface area (Å²) in [5.41, 5.74) is 8.27. The van der Waals surface area contributed by atoms with Gasteiger partial charge in [-0.2, -0.15) is 0 Å². The van der Waals surface area contributed by atoms with Crippen LogP contribution in [-0.2, 0) is 13.1 Å². The topological polar surface area (TPSA) is 85.8 Å². The summed E-state index contributed by atoms with van der Waals surface area (Å²) in [5.74, 6) is -0.203. The second-order valence-electron chi connectivity index (χ2n) is 5.09. The summed E-state index contributed by atoms with van der Waals surface area (Å²) in [6, 6.07) is 7.62. The standard InChI is InChI=1S/C16H16FN5O/c1-2-22-14-13(21-16(22)18)7-11(9-19-14)15(23)20-8-10-3-5-12(17)6-4-10/h3-7,9H,2,8H2,1H3,(H2,18,21)(H,20,23). The number of carbonyl (C=O) groups excluding carboxylic acids is 1. The van der Waals surface area contributed by atoms with Crippen molar-refractivity contribution in [1.82, 2.24) is 19.9 Å². The van der Waals surface area contributed by atoms with Crippen molar-refractivity contribution >= 4 is 23.0 Å². The van der Waals surface area contributed by atoms with E-state index in [0.29, 0.717) is 35.8 Å². The predicted molar refractivity (Wildman–Crippen MR) is 85.2 cm³/mol. The number of hydrogen-bond acceptors (Lipinski definition) is 4. The van der Waals surface area contributed by atoms with Crippen LogP contribution in [0.1, 0.15) is 22.8 Å². The molecule has 118 valence electrons. The molecule has 6 nitrogen and oxygen atoms in total. The van der Waals surface area contributed by atoms with Gasteiger partial charge in [0.15, 0.2) is 5.65 Å². The zero-order valence-corrected chi connectivity index (χ0v) is 12.6. The van der Waals surface area contributed by atoms with Crippen LogP contribution in [0, 0.1) is 5.82 Å². The number of fused-ring (bicyclic) bond motifs is 1. The molecule has 0 atom stereocenters. The molecule has 0 aliphatic rings. The van der Waals surface area contributed by atoms with Crippen LogP contribution < -0.4 is 11.1 Å². The Morgan fingerprint density at radius 1 is 1.35 bits per heavy atom. The number of rotatable bonds is 4. The van der Waals surface area contributed by atoms with E-state index in [0.717, 1.165) is 5.56 Å². The van der Waals surface area contributed by atoms with E-state index in [2.05, 4.69) is 15.3 Å². The summed E-state index contributed by atoms with van der Waals surface area (Å²) in [5, 5.41) is 2.77. The molecule has 0 saturated heterocycles. The van der Waals surface area contributed by atoms with Crippen molar-refractivity contribution in [3.8, 4) is 0 Å². The Labute approximate surface area is 132 Å². The van der Waals surface area contributed by atoms with Gasteiger partial charge in [0.05, 0.1) is 5.56 Å². The van der Waals surface area contributed by atoms with Crippen molar-refractivity contribution < 1.29 is 9.18 Å². The molecule has 0 unspecified atom stereocenters. The van der Waals surface area contributed by atoms with Crippen LogP contribution in [-0.4, -0.2) is 20.4 Å². The highest BCUT2D eigenvalue weighted by Gasteiger charge is 2.12. The van der Waals surface area contributed by atoms with Gasteiger partial charge in [-0.1, -0.05) is 12.1 Å². The second kappa shape index (κ2) is 6.04. The fraction of sp³-hybridized carbons (Fsp3) is 0.188. The molecule has 0 radical (unpaired) electrons. The number of imidazole rings is 1. The van der Waals surface area contributed by atoms with Gasteiger partial charge in [0.25, 0.3) is 5.91 Å². The number of aryl methyl sites for hydroxylation is 1. The molecule has 2 aromatic heterocycles. The van der Waals surface area contributed by atoms with Crippen LogP contribution in [0.3, 0.4) is 0 Å². The minimum Gasteiger partial charge on any atom is -0.369 e. The number of nitrogens with zero attached hydrogens (tertiary/aromatic N) is 3. The maximum Gasteiger partial charge on any atom is 0.253 e. The van der Waals surface area contributed by atoms with E-state index in [9.17, 15) is 9.18 Å². The molecule has 1 aromatic carbocycles. The SMILES string of the molecule is CCn1c(N)nc2cc(C(=O)NCc3ccc(F)cc3)cnc21. The predicted octanol–water partition coefficient (Wildman–Crippen LogP) is 2.10. The Morgan fingerprint density at radius 3 is 2.78 bits per heavy atom. The highest BCUT2D eigenvalue weighted by Crippen LogP contribution is 2.16. The number of carbonyl (C=O) groups is 1. The van der Waals surface area contributed by atoms with Crippen molar-refractivity contribution in [2.24, 2.45) is 0 Å². The first-order chi connectivity index (χ1) is 11.1. The van der Waals surface area contributed by atoms with E-state index in [1.807, 2.05) is 6.92 Å². The molecule has 3 rings (SSSR count). The first kappa shape index (κ1) is 15.0. The third kappa shape index (κ3) is 2.98. The Hall–Kier alpha value is -2.96. The molecule has 0 bridgehead atoms. The number of pyridine rings is 1. The molecular formula is C16H16FN5O. The Morgan fingerprint density at radius 2 is 2.09 bits per heavy atom. The summed E-state index contributed by atoms with van der Waals surface area (Å²) in [6.45, 7) is 2.91. The lowest BCUT2D eigenvalue weighted by atomic mass is 10.2. The first-order valence-corrected chi connectivity index (χ1v) is 7.23. The van der Waals surface area contributed by atoms with Gasteiger partial charge in [-0.05, 0) is 30.7 Å². The molecule has 0 aliphatic carbocycles. The van der Waals surface area contributed by atoms with Crippen molar-refractivity contribution in [3.63, 3.8) is 0 Å². The summed E-state index contributed by atoms with van der Waals surface area (Å²) in [4.78, 5) is 20.7. The fourth-order valence-corrected chi connectivity index (χ4v) is 2.35. The molecule has 0 fully saturated rings. The van der Waals surface area contributed by atoms with Crippen molar-refractivity contribution in [2.45, 2.75) is 20.0 Å². The van der Waals surface area contributed by atoms with Crippen molar-refractivity contribution in [1.29, 1.82) is 0 Å². The van der Waals surface area contributed by atoms with Gasteiger partial charge in [0, 0.05) is 19.3 Å². The average molecular weight is 313 g/mol. The lowest BCUT2D eigenvalue weighted by molar-refractivity contribution is 0.0950. The van der Waals surface area contributed by atoms with Crippen LogP contribution in [0.2, 0.25) is 0 Å². The van der Waals surface area contributed by atoms with Gasteiger partial charge in [-0.25, -0.2) is 14.4 Å². The van der Waals surface area contributed by atoms with Gasteiger partial charge in [-0.15, -0.1) is 0 Å². The normalized spacial score (nSPS) is 10.9. The van der Waals surface area contributed by atoms with Crippen LogP contribution in [0.25, 0.3) is 11.2 Å². The summed E-state index contributed by atoms with van der Waals surface area (Å²) < 4.78 is 14.6. The first-order valence-electron chi connectivity index (χ1n) is 7.23. The number of anilines is 1. The van der Waals surface area contributed by atoms with Crippen molar-refractivity contribution in [3.05, 3.63) is 53.5 Å². The Balaban J connectivity index is 1.77. The van der Waals surface area contributed by atoms with Gasteiger partial charge in [0.1, 0.15) is 11.3 Å². The summed E-state index contributed by atoms with van der Waals surface area (Å²) in [7, 11) is 0. The summed E-state index contributed by atoms with van der Waals surface area (Å²) >= 11 is 0. The lowest BCUT2D eigenvalue weighted by Crippen LogP contribution is -2.22. The molecule has 0 spiro atoms. The van der Waals surface area contributed by atoms with Gasteiger partial charge >= 0.3 is 0 Å². The minimum absolute atomic E-state index is 0.270. The Bertz CT molecular complexity index is 857.